The maximum atomic E-state index is 12.5. The van der Waals surface area contributed by atoms with Crippen LogP contribution in [0.2, 0.25) is 0 Å². The monoisotopic (exact) mass is 376 g/mol. The van der Waals surface area contributed by atoms with Crippen LogP contribution in [0.1, 0.15) is 52.4 Å². The predicted molar refractivity (Wildman–Crippen MR) is 95.8 cm³/mol. The van der Waals surface area contributed by atoms with Crippen LogP contribution in [0.3, 0.4) is 0 Å². The lowest BCUT2D eigenvalue weighted by Crippen LogP contribution is -2.49. The number of amides is 1. The first kappa shape index (κ1) is 20.6. The molecular formula is C17H32N2O5S. The molecule has 2 saturated heterocycles. The number of carbonyl (C=O) groups is 1. The molecule has 0 aromatic carbocycles. The highest BCUT2D eigenvalue weighted by molar-refractivity contribution is 7.89. The Balaban J connectivity index is 1.70. The van der Waals surface area contributed by atoms with Crippen LogP contribution in [0.5, 0.6) is 0 Å². The largest absolute Gasteiger partial charge is 0.376 e. The molecule has 0 radical (unpaired) electrons. The van der Waals surface area contributed by atoms with E-state index in [2.05, 4.69) is 4.72 Å². The van der Waals surface area contributed by atoms with Gasteiger partial charge in [-0.2, -0.15) is 0 Å². The second kappa shape index (κ2) is 9.85. The van der Waals surface area contributed by atoms with Crippen molar-refractivity contribution in [2.75, 3.05) is 32.1 Å². The molecule has 1 amide bonds. The van der Waals surface area contributed by atoms with E-state index in [4.69, 9.17) is 9.47 Å². The van der Waals surface area contributed by atoms with Gasteiger partial charge in [-0.15, -0.1) is 0 Å². The van der Waals surface area contributed by atoms with E-state index in [1.54, 1.807) is 11.8 Å². The molecular weight excluding hydrogens is 344 g/mol. The van der Waals surface area contributed by atoms with Gasteiger partial charge in [-0.3, -0.25) is 4.79 Å². The SMILES string of the molecule is CCCS(=O)(=O)NC1CCN(C(=O)C(C)OCC2CCCCO2)CC1. The third kappa shape index (κ3) is 6.84. The van der Waals surface area contributed by atoms with Crippen LogP contribution in [0, 0.1) is 0 Å². The van der Waals surface area contributed by atoms with Crippen molar-refractivity contribution in [2.45, 2.75) is 70.6 Å². The number of sulfonamides is 1. The second-order valence-electron chi connectivity index (χ2n) is 7.00. The summed E-state index contributed by atoms with van der Waals surface area (Å²) in [6, 6.07) is -0.0764. The molecule has 8 heteroatoms. The molecule has 0 saturated carbocycles. The first-order chi connectivity index (χ1) is 11.9. The molecule has 2 aliphatic rings. The number of hydrogen-bond acceptors (Lipinski definition) is 5. The Kier molecular flexibility index (Phi) is 8.12. The van der Waals surface area contributed by atoms with Gasteiger partial charge in [-0.1, -0.05) is 6.92 Å². The molecule has 0 aliphatic carbocycles. The molecule has 0 aromatic rings. The quantitative estimate of drug-likeness (QED) is 0.690. The van der Waals surface area contributed by atoms with Crippen LogP contribution >= 0.6 is 0 Å². The zero-order valence-electron chi connectivity index (χ0n) is 15.4. The average Bonchev–Trinajstić information content (AvgIpc) is 2.60. The lowest BCUT2D eigenvalue weighted by atomic mass is 10.1. The van der Waals surface area contributed by atoms with E-state index in [1.807, 2.05) is 6.92 Å². The van der Waals surface area contributed by atoms with Gasteiger partial charge in [0.05, 0.1) is 18.5 Å². The number of ether oxygens (including phenoxy) is 2. The zero-order chi connectivity index (χ0) is 18.3. The zero-order valence-corrected chi connectivity index (χ0v) is 16.2. The Labute approximate surface area is 151 Å². The fraction of sp³-hybridized carbons (Fsp3) is 0.941. The van der Waals surface area contributed by atoms with Gasteiger partial charge in [-0.05, 0) is 45.4 Å². The Morgan fingerprint density at radius 2 is 2.00 bits per heavy atom. The van der Waals surface area contributed by atoms with Gasteiger partial charge in [0.1, 0.15) is 6.10 Å². The number of rotatable bonds is 8. The molecule has 0 aromatic heterocycles. The summed E-state index contributed by atoms with van der Waals surface area (Å²) in [4.78, 5) is 14.3. The lowest BCUT2D eigenvalue weighted by molar-refractivity contribution is -0.147. The van der Waals surface area contributed by atoms with E-state index in [1.165, 1.54) is 0 Å². The fourth-order valence-corrected chi connectivity index (χ4v) is 4.72. The molecule has 2 rings (SSSR count). The average molecular weight is 377 g/mol. The van der Waals surface area contributed by atoms with E-state index in [9.17, 15) is 13.2 Å². The highest BCUT2D eigenvalue weighted by atomic mass is 32.2. The van der Waals surface area contributed by atoms with Gasteiger partial charge >= 0.3 is 0 Å². The highest BCUT2D eigenvalue weighted by Gasteiger charge is 2.28. The van der Waals surface area contributed by atoms with E-state index >= 15 is 0 Å². The van der Waals surface area contributed by atoms with Crippen LogP contribution in [0.25, 0.3) is 0 Å². The molecule has 25 heavy (non-hydrogen) atoms. The standard InChI is InChI=1S/C17H32N2O5S/c1-3-12-25(21,22)18-15-7-9-19(10-8-15)17(20)14(2)24-13-16-6-4-5-11-23-16/h14-16,18H,3-13H2,1-2H3. The smallest absolute Gasteiger partial charge is 0.251 e. The van der Waals surface area contributed by atoms with Crippen molar-refractivity contribution in [3.05, 3.63) is 0 Å². The van der Waals surface area contributed by atoms with Crippen molar-refractivity contribution in [3.8, 4) is 0 Å². The maximum absolute atomic E-state index is 12.5. The summed E-state index contributed by atoms with van der Waals surface area (Å²) in [7, 11) is -3.20. The summed E-state index contributed by atoms with van der Waals surface area (Å²) >= 11 is 0. The summed E-state index contributed by atoms with van der Waals surface area (Å²) < 4.78 is 37.7. The minimum absolute atomic E-state index is 0.0225. The molecule has 146 valence electrons. The summed E-state index contributed by atoms with van der Waals surface area (Å²) in [5, 5.41) is 0. The van der Waals surface area contributed by atoms with Crippen LogP contribution < -0.4 is 4.72 Å². The predicted octanol–water partition coefficient (Wildman–Crippen LogP) is 1.28. The molecule has 2 aliphatic heterocycles. The van der Waals surface area contributed by atoms with Gasteiger partial charge < -0.3 is 14.4 Å². The number of hydrogen-bond donors (Lipinski definition) is 1. The number of carbonyl (C=O) groups excluding carboxylic acids is 1. The molecule has 1 N–H and O–H groups in total. The van der Waals surface area contributed by atoms with Gasteiger partial charge in [0.2, 0.25) is 10.0 Å². The summed E-state index contributed by atoms with van der Waals surface area (Å²) in [6.45, 7) is 5.98. The van der Waals surface area contributed by atoms with Crippen molar-refractivity contribution < 1.29 is 22.7 Å². The molecule has 0 bridgehead atoms. The van der Waals surface area contributed by atoms with Crippen LogP contribution in [0.4, 0.5) is 0 Å². The first-order valence-corrected chi connectivity index (χ1v) is 11.1. The first-order valence-electron chi connectivity index (χ1n) is 9.43. The minimum atomic E-state index is -3.20. The van der Waals surface area contributed by atoms with Crippen molar-refractivity contribution >= 4 is 15.9 Å². The van der Waals surface area contributed by atoms with Gasteiger partial charge in [0.25, 0.3) is 5.91 Å². The number of likely N-dealkylation sites (tertiary alicyclic amines) is 1. The van der Waals surface area contributed by atoms with Gasteiger partial charge in [0.15, 0.2) is 0 Å². The number of piperidine rings is 1. The summed E-state index contributed by atoms with van der Waals surface area (Å²) in [6.07, 6.45) is 4.75. The number of nitrogens with one attached hydrogen (secondary N) is 1. The molecule has 2 atom stereocenters. The fourth-order valence-electron chi connectivity index (χ4n) is 3.32. The van der Waals surface area contributed by atoms with Crippen molar-refractivity contribution in [1.29, 1.82) is 0 Å². The third-order valence-corrected chi connectivity index (χ3v) is 6.42. The van der Waals surface area contributed by atoms with E-state index in [-0.39, 0.29) is 23.8 Å². The number of nitrogens with zero attached hydrogens (tertiary/aromatic N) is 1. The normalized spacial score (nSPS) is 24.2. The highest BCUT2D eigenvalue weighted by Crippen LogP contribution is 2.16. The molecule has 2 fully saturated rings. The summed E-state index contributed by atoms with van der Waals surface area (Å²) in [5.74, 6) is 0.131. The van der Waals surface area contributed by atoms with Crippen molar-refractivity contribution in [1.82, 2.24) is 9.62 Å². The van der Waals surface area contributed by atoms with E-state index in [0.29, 0.717) is 39.0 Å². The van der Waals surface area contributed by atoms with Gasteiger partial charge in [-0.25, -0.2) is 13.1 Å². The third-order valence-electron chi connectivity index (χ3n) is 4.78. The molecule has 0 spiro atoms. The summed E-state index contributed by atoms with van der Waals surface area (Å²) in [5.41, 5.74) is 0. The van der Waals surface area contributed by atoms with E-state index in [0.717, 1.165) is 25.9 Å². The van der Waals surface area contributed by atoms with Gasteiger partial charge in [0, 0.05) is 25.7 Å². The second-order valence-corrected chi connectivity index (χ2v) is 8.87. The topological polar surface area (TPSA) is 84.9 Å². The molecule has 7 nitrogen and oxygen atoms in total. The maximum Gasteiger partial charge on any atom is 0.251 e. The lowest BCUT2D eigenvalue weighted by Gasteiger charge is -2.34. The minimum Gasteiger partial charge on any atom is -0.376 e. The Morgan fingerprint density at radius 1 is 1.28 bits per heavy atom. The van der Waals surface area contributed by atoms with Crippen LogP contribution in [0.15, 0.2) is 0 Å². The van der Waals surface area contributed by atoms with Crippen LogP contribution in [-0.2, 0) is 24.3 Å². The van der Waals surface area contributed by atoms with Crippen LogP contribution in [-0.4, -0.2) is 69.5 Å². The Bertz CT molecular complexity index is 511. The van der Waals surface area contributed by atoms with E-state index < -0.39 is 16.1 Å². The van der Waals surface area contributed by atoms with Crippen molar-refractivity contribution in [3.63, 3.8) is 0 Å². The Hall–Kier alpha value is -0.700. The Morgan fingerprint density at radius 3 is 2.60 bits per heavy atom. The van der Waals surface area contributed by atoms with Crippen molar-refractivity contribution in [2.24, 2.45) is 0 Å². The molecule has 2 unspecified atom stereocenters. The molecule has 2 heterocycles.